The molecule has 2 aliphatic heterocycles. The van der Waals surface area contributed by atoms with E-state index in [4.69, 9.17) is 0 Å². The number of benzene rings is 1. The Kier molecular flexibility index (Phi) is 3.34. The van der Waals surface area contributed by atoms with E-state index in [2.05, 4.69) is 10.2 Å². The minimum atomic E-state index is -0.750. The number of fused-ring (bicyclic) bond motifs is 1. The van der Waals surface area contributed by atoms with Crippen molar-refractivity contribution >= 4 is 17.6 Å². The number of rotatable bonds is 3. The number of nitrogens with one attached hydrogen (secondary N) is 1. The van der Waals surface area contributed by atoms with Crippen LogP contribution in [0.25, 0.3) is 0 Å². The highest BCUT2D eigenvalue weighted by Gasteiger charge is 2.31. The summed E-state index contributed by atoms with van der Waals surface area (Å²) in [5.41, 5.74) is 2.18. The van der Waals surface area contributed by atoms with Gasteiger partial charge in [-0.15, -0.1) is 0 Å². The Balaban J connectivity index is 1.81. The van der Waals surface area contributed by atoms with Gasteiger partial charge in [0.2, 0.25) is 5.91 Å². The maximum atomic E-state index is 11.3. The third-order valence-electron chi connectivity index (χ3n) is 4.11. The molecule has 2 N–H and O–H groups in total. The van der Waals surface area contributed by atoms with Crippen LogP contribution in [-0.4, -0.2) is 36.1 Å². The highest BCUT2D eigenvalue weighted by atomic mass is 16.4. The third kappa shape index (κ3) is 2.48. The van der Waals surface area contributed by atoms with Crippen LogP contribution in [0, 0.1) is 5.92 Å². The zero-order valence-electron chi connectivity index (χ0n) is 11.2. The van der Waals surface area contributed by atoms with Crippen molar-refractivity contribution in [2.24, 2.45) is 5.92 Å². The molecule has 2 unspecified atom stereocenters. The van der Waals surface area contributed by atoms with Gasteiger partial charge in [0, 0.05) is 31.2 Å². The van der Waals surface area contributed by atoms with Crippen LogP contribution < -0.4 is 10.2 Å². The molecule has 20 heavy (non-hydrogen) atoms. The molecule has 1 aromatic carbocycles. The van der Waals surface area contributed by atoms with Gasteiger partial charge < -0.3 is 15.3 Å². The first-order valence-electron chi connectivity index (χ1n) is 6.98. The number of anilines is 1. The fraction of sp³-hybridized carbons (Fsp3) is 0.467. The summed E-state index contributed by atoms with van der Waals surface area (Å²) >= 11 is 0. The van der Waals surface area contributed by atoms with E-state index in [-0.39, 0.29) is 17.9 Å². The Hall–Kier alpha value is -2.04. The number of carboxylic acid groups (broad SMARTS) is 1. The molecule has 1 saturated heterocycles. The van der Waals surface area contributed by atoms with Crippen molar-refractivity contribution in [1.29, 1.82) is 0 Å². The van der Waals surface area contributed by atoms with Crippen molar-refractivity contribution in [1.82, 2.24) is 5.32 Å². The maximum Gasteiger partial charge on any atom is 0.308 e. The van der Waals surface area contributed by atoms with E-state index in [0.29, 0.717) is 25.9 Å². The van der Waals surface area contributed by atoms with Gasteiger partial charge in [-0.1, -0.05) is 18.2 Å². The second-order valence-electron chi connectivity index (χ2n) is 5.58. The van der Waals surface area contributed by atoms with Gasteiger partial charge in [0.1, 0.15) is 0 Å². The Morgan fingerprint density at radius 1 is 1.40 bits per heavy atom. The standard InChI is InChI=1S/C15H18N2O3/c18-14-6-5-12(16-14)9-17-8-11(15(19)20)7-10-3-1-2-4-13(10)17/h1-4,11-12H,5-9H2,(H,16,18)(H,19,20). The summed E-state index contributed by atoms with van der Waals surface area (Å²) in [5.74, 6) is -1.03. The second-order valence-corrected chi connectivity index (χ2v) is 5.58. The maximum absolute atomic E-state index is 11.3. The van der Waals surface area contributed by atoms with Crippen LogP contribution in [0.2, 0.25) is 0 Å². The van der Waals surface area contributed by atoms with Crippen LogP contribution >= 0.6 is 0 Å². The Bertz CT molecular complexity index is 544. The number of carbonyl (C=O) groups excluding carboxylic acids is 1. The van der Waals surface area contributed by atoms with Gasteiger partial charge in [-0.2, -0.15) is 0 Å². The van der Waals surface area contributed by atoms with Crippen molar-refractivity contribution in [2.45, 2.75) is 25.3 Å². The van der Waals surface area contributed by atoms with Gasteiger partial charge >= 0.3 is 5.97 Å². The molecule has 0 aromatic heterocycles. The zero-order chi connectivity index (χ0) is 14.1. The predicted octanol–water partition coefficient (Wildman–Crippen LogP) is 1.03. The number of aliphatic carboxylic acids is 1. The largest absolute Gasteiger partial charge is 0.481 e. The summed E-state index contributed by atoms with van der Waals surface area (Å²) in [6.07, 6.45) is 1.98. The minimum Gasteiger partial charge on any atom is -0.481 e. The minimum absolute atomic E-state index is 0.0927. The van der Waals surface area contributed by atoms with Crippen molar-refractivity contribution in [3.8, 4) is 0 Å². The first-order chi connectivity index (χ1) is 9.63. The second kappa shape index (κ2) is 5.15. The number of nitrogens with zero attached hydrogens (tertiary/aromatic N) is 1. The average molecular weight is 274 g/mol. The van der Waals surface area contributed by atoms with Gasteiger partial charge in [-0.3, -0.25) is 9.59 Å². The Morgan fingerprint density at radius 2 is 2.20 bits per heavy atom. The molecule has 2 atom stereocenters. The number of carboxylic acids is 1. The molecule has 1 fully saturated rings. The normalized spacial score (nSPS) is 25.2. The van der Waals surface area contributed by atoms with Gasteiger partial charge in [-0.05, 0) is 24.5 Å². The van der Waals surface area contributed by atoms with Gasteiger partial charge in [0.15, 0.2) is 0 Å². The number of carbonyl (C=O) groups is 2. The number of hydrogen-bond donors (Lipinski definition) is 2. The smallest absolute Gasteiger partial charge is 0.308 e. The van der Waals surface area contributed by atoms with E-state index in [1.807, 2.05) is 24.3 Å². The van der Waals surface area contributed by atoms with E-state index in [0.717, 1.165) is 17.7 Å². The molecule has 0 bridgehead atoms. The SMILES string of the molecule is O=C1CCC(CN2CC(C(=O)O)Cc3ccccc32)N1. The molecular weight excluding hydrogens is 256 g/mol. The predicted molar refractivity (Wildman–Crippen MR) is 74.6 cm³/mol. The van der Waals surface area contributed by atoms with Gasteiger partial charge in [0.25, 0.3) is 0 Å². The highest BCUT2D eigenvalue weighted by Crippen LogP contribution is 2.30. The van der Waals surface area contributed by atoms with Crippen LogP contribution in [-0.2, 0) is 16.0 Å². The van der Waals surface area contributed by atoms with E-state index in [1.165, 1.54) is 0 Å². The molecule has 5 nitrogen and oxygen atoms in total. The average Bonchev–Trinajstić information content (AvgIpc) is 2.84. The third-order valence-corrected chi connectivity index (χ3v) is 4.11. The zero-order valence-corrected chi connectivity index (χ0v) is 11.2. The lowest BCUT2D eigenvalue weighted by molar-refractivity contribution is -0.141. The van der Waals surface area contributed by atoms with Gasteiger partial charge in [0.05, 0.1) is 5.92 Å². The lowest BCUT2D eigenvalue weighted by atomic mass is 9.92. The summed E-state index contributed by atoms with van der Waals surface area (Å²) in [5, 5.41) is 12.2. The molecule has 0 radical (unpaired) electrons. The van der Waals surface area contributed by atoms with Crippen molar-refractivity contribution < 1.29 is 14.7 Å². The first kappa shape index (κ1) is 13.0. The van der Waals surface area contributed by atoms with E-state index < -0.39 is 5.97 Å². The molecule has 3 rings (SSSR count). The van der Waals surface area contributed by atoms with E-state index >= 15 is 0 Å². The molecule has 106 valence electrons. The topological polar surface area (TPSA) is 69.6 Å². The summed E-state index contributed by atoms with van der Waals surface area (Å²) in [6, 6.07) is 8.07. The number of amides is 1. The molecule has 2 aliphatic rings. The van der Waals surface area contributed by atoms with Gasteiger partial charge in [-0.25, -0.2) is 0 Å². The lowest BCUT2D eigenvalue weighted by Crippen LogP contribution is -2.45. The molecule has 5 heteroatoms. The molecule has 0 spiro atoms. The Labute approximate surface area is 117 Å². The van der Waals surface area contributed by atoms with Crippen LogP contribution in [0.15, 0.2) is 24.3 Å². The van der Waals surface area contributed by atoms with Crippen molar-refractivity contribution in [3.63, 3.8) is 0 Å². The first-order valence-corrected chi connectivity index (χ1v) is 6.98. The fourth-order valence-corrected chi connectivity index (χ4v) is 3.10. The molecule has 0 saturated carbocycles. The molecule has 1 aromatic rings. The van der Waals surface area contributed by atoms with Crippen LogP contribution in [0.5, 0.6) is 0 Å². The highest BCUT2D eigenvalue weighted by molar-refractivity contribution is 5.78. The molecule has 2 heterocycles. The summed E-state index contributed by atoms with van der Waals surface area (Å²) < 4.78 is 0. The van der Waals surface area contributed by atoms with Crippen molar-refractivity contribution in [3.05, 3.63) is 29.8 Å². The molecule has 1 amide bonds. The van der Waals surface area contributed by atoms with Crippen LogP contribution in [0.3, 0.4) is 0 Å². The lowest BCUT2D eigenvalue weighted by Gasteiger charge is -2.36. The Morgan fingerprint density at radius 3 is 2.90 bits per heavy atom. The monoisotopic (exact) mass is 274 g/mol. The number of hydrogen-bond acceptors (Lipinski definition) is 3. The van der Waals surface area contributed by atoms with E-state index in [1.54, 1.807) is 0 Å². The number of para-hydroxylation sites is 1. The molecular formula is C15H18N2O3. The van der Waals surface area contributed by atoms with Crippen LogP contribution in [0.1, 0.15) is 18.4 Å². The van der Waals surface area contributed by atoms with Crippen molar-refractivity contribution in [2.75, 3.05) is 18.0 Å². The fourth-order valence-electron chi connectivity index (χ4n) is 3.10. The summed E-state index contributed by atoms with van der Waals surface area (Å²) in [6.45, 7) is 1.20. The summed E-state index contributed by atoms with van der Waals surface area (Å²) in [7, 11) is 0. The summed E-state index contributed by atoms with van der Waals surface area (Å²) in [4.78, 5) is 24.7. The van der Waals surface area contributed by atoms with Crippen LogP contribution in [0.4, 0.5) is 5.69 Å². The quantitative estimate of drug-likeness (QED) is 0.863. The van der Waals surface area contributed by atoms with E-state index in [9.17, 15) is 14.7 Å². The molecule has 0 aliphatic carbocycles.